The third kappa shape index (κ3) is 2.55. The van der Waals surface area contributed by atoms with Gasteiger partial charge in [-0.1, -0.05) is 28.9 Å². The minimum Gasteiger partial charge on any atom is -0.399 e. The topological polar surface area (TPSA) is 64.9 Å². The summed E-state index contributed by atoms with van der Waals surface area (Å²) in [4.78, 5) is 4.37. The summed E-state index contributed by atoms with van der Waals surface area (Å²) in [5.74, 6) is 0.885. The van der Waals surface area contributed by atoms with Gasteiger partial charge in [-0.15, -0.1) is 0 Å². The fourth-order valence-electron chi connectivity index (χ4n) is 1.79. The smallest absolute Gasteiger partial charge is 0.259 e. The second-order valence-electron chi connectivity index (χ2n) is 4.17. The Morgan fingerprint density at radius 3 is 2.80 bits per heavy atom. The molecule has 0 amide bonds. The molecule has 0 spiro atoms. The molecule has 0 aliphatic rings. The predicted molar refractivity (Wildman–Crippen MR) is 82.3 cm³/mol. The van der Waals surface area contributed by atoms with Crippen molar-refractivity contribution in [2.75, 3.05) is 5.73 Å². The Labute approximate surface area is 128 Å². The molecule has 0 unspecified atom stereocenters. The largest absolute Gasteiger partial charge is 0.399 e. The average molecular weight is 351 g/mol. The monoisotopic (exact) mass is 349 g/mol. The van der Waals surface area contributed by atoms with Crippen LogP contribution in [-0.2, 0) is 0 Å². The molecule has 3 aromatic rings. The van der Waals surface area contributed by atoms with Crippen molar-refractivity contribution in [1.29, 1.82) is 0 Å². The van der Waals surface area contributed by atoms with Crippen molar-refractivity contribution in [1.82, 2.24) is 10.1 Å². The van der Waals surface area contributed by atoms with E-state index in [9.17, 15) is 0 Å². The molecule has 0 fully saturated rings. The molecular weight excluding hydrogens is 342 g/mol. The van der Waals surface area contributed by atoms with Crippen LogP contribution in [0.15, 0.2) is 51.5 Å². The minimum absolute atomic E-state index is 0.400. The van der Waals surface area contributed by atoms with E-state index >= 15 is 0 Å². The van der Waals surface area contributed by atoms with Crippen LogP contribution in [0.3, 0.4) is 0 Å². The lowest BCUT2D eigenvalue weighted by Crippen LogP contribution is -1.86. The molecule has 0 bridgehead atoms. The van der Waals surface area contributed by atoms with Gasteiger partial charge < -0.3 is 10.3 Å². The van der Waals surface area contributed by atoms with Crippen molar-refractivity contribution < 1.29 is 4.52 Å². The molecule has 6 heteroatoms. The number of benzene rings is 2. The van der Waals surface area contributed by atoms with Gasteiger partial charge in [0.15, 0.2) is 0 Å². The van der Waals surface area contributed by atoms with Crippen molar-refractivity contribution in [2.45, 2.75) is 0 Å². The molecular formula is C14H9BrClN3O. The first-order valence-electron chi connectivity index (χ1n) is 5.78. The highest BCUT2D eigenvalue weighted by Gasteiger charge is 2.13. The van der Waals surface area contributed by atoms with Crippen LogP contribution in [0.5, 0.6) is 0 Å². The Hall–Kier alpha value is -1.85. The Balaban J connectivity index is 2.04. The summed E-state index contributed by atoms with van der Waals surface area (Å²) >= 11 is 9.42. The van der Waals surface area contributed by atoms with Crippen LogP contribution in [0.4, 0.5) is 5.69 Å². The number of hydrogen-bond acceptors (Lipinski definition) is 4. The van der Waals surface area contributed by atoms with Crippen LogP contribution >= 0.6 is 27.5 Å². The van der Waals surface area contributed by atoms with Crippen LogP contribution in [0.1, 0.15) is 0 Å². The molecule has 1 heterocycles. The predicted octanol–water partition coefficient (Wildman–Crippen LogP) is 4.40. The lowest BCUT2D eigenvalue weighted by atomic mass is 10.2. The number of halogens is 2. The lowest BCUT2D eigenvalue weighted by Gasteiger charge is -1.99. The van der Waals surface area contributed by atoms with Crippen molar-refractivity contribution in [3.05, 3.63) is 52.0 Å². The Morgan fingerprint density at radius 2 is 2.00 bits per heavy atom. The molecule has 0 saturated carbocycles. The van der Waals surface area contributed by atoms with Crippen molar-refractivity contribution in [2.24, 2.45) is 0 Å². The van der Waals surface area contributed by atoms with Crippen LogP contribution in [-0.4, -0.2) is 10.1 Å². The summed E-state index contributed by atoms with van der Waals surface area (Å²) in [5, 5.41) is 4.57. The molecule has 20 heavy (non-hydrogen) atoms. The highest BCUT2D eigenvalue weighted by Crippen LogP contribution is 2.31. The van der Waals surface area contributed by atoms with Gasteiger partial charge in [0, 0.05) is 20.7 Å². The van der Waals surface area contributed by atoms with E-state index in [-0.39, 0.29) is 0 Å². The molecule has 0 atom stereocenters. The summed E-state index contributed by atoms with van der Waals surface area (Å²) in [6.45, 7) is 0. The molecule has 0 radical (unpaired) electrons. The Kier molecular flexibility index (Phi) is 3.46. The van der Waals surface area contributed by atoms with Crippen molar-refractivity contribution in [3.8, 4) is 22.8 Å². The number of nitrogen functional groups attached to an aromatic ring is 1. The lowest BCUT2D eigenvalue weighted by molar-refractivity contribution is 0.432. The van der Waals surface area contributed by atoms with E-state index in [1.165, 1.54) is 0 Å². The summed E-state index contributed by atoms with van der Waals surface area (Å²) in [6.07, 6.45) is 0. The van der Waals surface area contributed by atoms with Crippen LogP contribution in [0.25, 0.3) is 22.8 Å². The van der Waals surface area contributed by atoms with E-state index in [2.05, 4.69) is 26.1 Å². The maximum Gasteiger partial charge on any atom is 0.259 e. The molecule has 2 N–H and O–H groups in total. The van der Waals surface area contributed by atoms with Gasteiger partial charge in [-0.25, -0.2) is 0 Å². The van der Waals surface area contributed by atoms with Gasteiger partial charge in [0.1, 0.15) is 0 Å². The van der Waals surface area contributed by atoms with E-state index in [1.807, 2.05) is 18.2 Å². The maximum atomic E-state index is 5.98. The van der Waals surface area contributed by atoms with E-state index < -0.39 is 0 Å². The third-order valence-electron chi connectivity index (χ3n) is 2.73. The maximum absolute atomic E-state index is 5.98. The number of nitrogens with zero attached hydrogens (tertiary/aromatic N) is 2. The number of hydrogen-bond donors (Lipinski definition) is 1. The van der Waals surface area contributed by atoms with Gasteiger partial charge in [0.05, 0.1) is 5.56 Å². The second-order valence-corrected chi connectivity index (χ2v) is 5.46. The van der Waals surface area contributed by atoms with Gasteiger partial charge in [0.25, 0.3) is 5.89 Å². The first-order valence-corrected chi connectivity index (χ1v) is 6.95. The van der Waals surface area contributed by atoms with E-state index in [4.69, 9.17) is 21.9 Å². The highest BCUT2D eigenvalue weighted by molar-refractivity contribution is 9.10. The average Bonchev–Trinajstić information content (AvgIpc) is 2.91. The number of aromatic nitrogens is 2. The fraction of sp³-hybridized carbons (Fsp3) is 0. The van der Waals surface area contributed by atoms with E-state index in [0.717, 1.165) is 15.6 Å². The summed E-state index contributed by atoms with van der Waals surface area (Å²) in [7, 11) is 0. The summed E-state index contributed by atoms with van der Waals surface area (Å²) < 4.78 is 6.13. The zero-order chi connectivity index (χ0) is 14.1. The van der Waals surface area contributed by atoms with Crippen molar-refractivity contribution in [3.63, 3.8) is 0 Å². The molecule has 1 aromatic heterocycles. The summed E-state index contributed by atoms with van der Waals surface area (Å²) in [6, 6.07) is 12.7. The SMILES string of the molecule is Nc1cccc(-c2noc(-c3cc(Cl)ccc3Br)n2)c1. The van der Waals surface area contributed by atoms with Crippen molar-refractivity contribution >= 4 is 33.2 Å². The first kappa shape index (κ1) is 13.1. The number of rotatable bonds is 2. The quantitative estimate of drug-likeness (QED) is 0.696. The Bertz CT molecular complexity index is 773. The number of anilines is 1. The zero-order valence-corrected chi connectivity index (χ0v) is 12.5. The molecule has 100 valence electrons. The van der Waals surface area contributed by atoms with Crippen LogP contribution < -0.4 is 5.73 Å². The molecule has 2 aromatic carbocycles. The molecule has 0 saturated heterocycles. The second kappa shape index (κ2) is 5.26. The zero-order valence-electron chi connectivity index (χ0n) is 10.2. The van der Waals surface area contributed by atoms with Gasteiger partial charge in [-0.2, -0.15) is 4.98 Å². The van der Waals surface area contributed by atoms with Gasteiger partial charge in [0.2, 0.25) is 5.82 Å². The standard InChI is InChI=1S/C14H9BrClN3O/c15-12-5-4-9(16)7-11(12)14-18-13(19-20-14)8-2-1-3-10(17)6-8/h1-7H,17H2. The minimum atomic E-state index is 0.400. The highest BCUT2D eigenvalue weighted by atomic mass is 79.9. The van der Waals surface area contributed by atoms with Crippen LogP contribution in [0, 0.1) is 0 Å². The van der Waals surface area contributed by atoms with Gasteiger partial charge in [-0.3, -0.25) is 0 Å². The first-order chi connectivity index (χ1) is 9.63. The van der Waals surface area contributed by atoms with E-state index in [0.29, 0.717) is 22.4 Å². The molecule has 0 aliphatic heterocycles. The van der Waals surface area contributed by atoms with Gasteiger partial charge >= 0.3 is 0 Å². The van der Waals surface area contributed by atoms with Gasteiger partial charge in [-0.05, 0) is 46.3 Å². The molecule has 3 rings (SSSR count). The molecule has 4 nitrogen and oxygen atoms in total. The molecule has 0 aliphatic carbocycles. The normalized spacial score (nSPS) is 10.7. The van der Waals surface area contributed by atoms with Crippen LogP contribution in [0.2, 0.25) is 5.02 Å². The number of nitrogens with two attached hydrogens (primary N) is 1. The fourth-order valence-corrected chi connectivity index (χ4v) is 2.38. The van der Waals surface area contributed by atoms with E-state index in [1.54, 1.807) is 24.3 Å². The Morgan fingerprint density at radius 1 is 1.15 bits per heavy atom. The summed E-state index contributed by atoms with van der Waals surface area (Å²) in [5.41, 5.74) is 7.95. The third-order valence-corrected chi connectivity index (χ3v) is 3.66.